The molecular formula is C16H18ClN3. The first-order valence-corrected chi connectivity index (χ1v) is 7.40. The van der Waals surface area contributed by atoms with Crippen molar-refractivity contribution in [3.8, 4) is 0 Å². The maximum atomic E-state index is 5.91. The Hall–Kier alpha value is -1.45. The molecule has 0 unspecified atom stereocenters. The van der Waals surface area contributed by atoms with Gasteiger partial charge in [0.1, 0.15) is 5.82 Å². The number of rotatable bonds is 3. The van der Waals surface area contributed by atoms with Crippen molar-refractivity contribution in [3.05, 3.63) is 58.1 Å². The number of halogens is 1. The number of hydrogen-bond acceptors (Lipinski definition) is 3. The van der Waals surface area contributed by atoms with Gasteiger partial charge in [0.2, 0.25) is 0 Å². The lowest BCUT2D eigenvalue weighted by Crippen LogP contribution is -2.16. The maximum absolute atomic E-state index is 5.91. The van der Waals surface area contributed by atoms with Gasteiger partial charge in [-0.2, -0.15) is 0 Å². The third kappa shape index (κ3) is 3.00. The number of aromatic nitrogens is 2. The second kappa shape index (κ2) is 5.90. The number of nitrogens with one attached hydrogen (secondary N) is 1. The highest BCUT2D eigenvalue weighted by Crippen LogP contribution is 2.21. The molecule has 1 N–H and O–H groups in total. The molecule has 0 aliphatic carbocycles. The molecule has 1 atom stereocenters. The fraction of sp³-hybridized carbons (Fsp3) is 0.375. The van der Waals surface area contributed by atoms with Crippen LogP contribution < -0.4 is 5.32 Å². The van der Waals surface area contributed by atoms with Crippen molar-refractivity contribution in [3.63, 3.8) is 0 Å². The summed E-state index contributed by atoms with van der Waals surface area (Å²) in [6.45, 7) is 3.13. The predicted octanol–water partition coefficient (Wildman–Crippen LogP) is 3.45. The molecule has 3 rings (SSSR count). The Kier molecular flexibility index (Phi) is 3.99. The van der Waals surface area contributed by atoms with Gasteiger partial charge in [-0.1, -0.05) is 23.7 Å². The first-order valence-electron chi connectivity index (χ1n) is 7.02. The molecule has 4 heteroatoms. The van der Waals surface area contributed by atoms with E-state index >= 15 is 0 Å². The maximum Gasteiger partial charge on any atom is 0.145 e. The molecule has 1 aliphatic rings. The van der Waals surface area contributed by atoms with Crippen LogP contribution in [0.25, 0.3) is 0 Å². The van der Waals surface area contributed by atoms with Crippen molar-refractivity contribution in [1.82, 2.24) is 15.3 Å². The molecule has 1 fully saturated rings. The Morgan fingerprint density at radius 1 is 1.30 bits per heavy atom. The molecule has 1 aromatic carbocycles. The Bertz CT molecular complexity index is 589. The molecule has 0 saturated carbocycles. The van der Waals surface area contributed by atoms with E-state index in [0.717, 1.165) is 35.9 Å². The monoisotopic (exact) mass is 287 g/mol. The molecule has 0 bridgehead atoms. The minimum Gasteiger partial charge on any atom is -0.307 e. The van der Waals surface area contributed by atoms with Gasteiger partial charge in [-0.3, -0.25) is 0 Å². The summed E-state index contributed by atoms with van der Waals surface area (Å²) in [5.74, 6) is 0.930. The third-order valence-corrected chi connectivity index (χ3v) is 4.03. The molecule has 2 aromatic rings. The summed E-state index contributed by atoms with van der Waals surface area (Å²) in [4.78, 5) is 9.20. The first kappa shape index (κ1) is 13.5. The number of nitrogens with zero attached hydrogens (tertiary/aromatic N) is 2. The number of benzene rings is 1. The van der Waals surface area contributed by atoms with Gasteiger partial charge >= 0.3 is 0 Å². The molecule has 20 heavy (non-hydrogen) atoms. The van der Waals surface area contributed by atoms with Gasteiger partial charge in [0, 0.05) is 23.3 Å². The Balaban J connectivity index is 1.78. The Labute approximate surface area is 124 Å². The molecule has 1 aromatic heterocycles. The summed E-state index contributed by atoms with van der Waals surface area (Å²) in [5, 5.41) is 4.20. The van der Waals surface area contributed by atoms with E-state index in [1.165, 1.54) is 17.5 Å². The summed E-state index contributed by atoms with van der Waals surface area (Å²) in [6, 6.07) is 8.27. The SMILES string of the molecule is Cc1nc([C@H]2CCCN2)ncc1Cc1ccc(Cl)cc1. The van der Waals surface area contributed by atoms with Gasteiger partial charge in [0.25, 0.3) is 0 Å². The van der Waals surface area contributed by atoms with E-state index in [-0.39, 0.29) is 0 Å². The average Bonchev–Trinajstić information content (AvgIpc) is 2.97. The van der Waals surface area contributed by atoms with Crippen LogP contribution in [0.1, 0.15) is 41.5 Å². The van der Waals surface area contributed by atoms with Crippen LogP contribution in [0.15, 0.2) is 30.5 Å². The normalized spacial score (nSPS) is 18.4. The van der Waals surface area contributed by atoms with Crippen molar-refractivity contribution in [1.29, 1.82) is 0 Å². The molecule has 0 amide bonds. The van der Waals surface area contributed by atoms with Crippen LogP contribution in [0, 0.1) is 6.92 Å². The highest BCUT2D eigenvalue weighted by molar-refractivity contribution is 6.30. The minimum atomic E-state index is 0.332. The zero-order chi connectivity index (χ0) is 13.9. The first-order chi connectivity index (χ1) is 9.72. The van der Waals surface area contributed by atoms with E-state index in [0.29, 0.717) is 6.04 Å². The predicted molar refractivity (Wildman–Crippen MR) is 81.0 cm³/mol. The fourth-order valence-corrected chi connectivity index (χ4v) is 2.70. The molecule has 0 spiro atoms. The molecule has 104 valence electrons. The second-order valence-electron chi connectivity index (χ2n) is 5.29. The standard InChI is InChI=1S/C16H18ClN3/c1-11-13(9-12-4-6-14(17)7-5-12)10-19-16(20-11)15-3-2-8-18-15/h4-7,10,15,18H,2-3,8-9H2,1H3/t15-/m1/s1. The lowest BCUT2D eigenvalue weighted by molar-refractivity contribution is 0.600. The van der Waals surface area contributed by atoms with Crippen LogP contribution in [0.2, 0.25) is 5.02 Å². The van der Waals surface area contributed by atoms with Gasteiger partial charge in [-0.05, 0) is 49.6 Å². The van der Waals surface area contributed by atoms with Gasteiger partial charge < -0.3 is 5.32 Å². The highest BCUT2D eigenvalue weighted by Gasteiger charge is 2.19. The van der Waals surface area contributed by atoms with Crippen LogP contribution in [0.3, 0.4) is 0 Å². The van der Waals surface area contributed by atoms with Crippen LogP contribution in [-0.4, -0.2) is 16.5 Å². The van der Waals surface area contributed by atoms with E-state index in [2.05, 4.69) is 22.2 Å². The van der Waals surface area contributed by atoms with Crippen molar-refractivity contribution >= 4 is 11.6 Å². The van der Waals surface area contributed by atoms with E-state index in [4.69, 9.17) is 11.6 Å². The van der Waals surface area contributed by atoms with Gasteiger partial charge in [0.15, 0.2) is 0 Å². The zero-order valence-corrected chi connectivity index (χ0v) is 12.3. The molecule has 2 heterocycles. The summed E-state index contributed by atoms with van der Waals surface area (Å²) < 4.78 is 0. The molecule has 0 radical (unpaired) electrons. The lowest BCUT2D eigenvalue weighted by atomic mass is 10.1. The smallest absolute Gasteiger partial charge is 0.145 e. The van der Waals surface area contributed by atoms with E-state index in [1.54, 1.807) is 0 Å². The molecular weight excluding hydrogens is 270 g/mol. The number of hydrogen-bond donors (Lipinski definition) is 1. The van der Waals surface area contributed by atoms with Crippen LogP contribution in [-0.2, 0) is 6.42 Å². The molecule has 1 aliphatic heterocycles. The summed E-state index contributed by atoms with van der Waals surface area (Å²) >= 11 is 5.91. The average molecular weight is 288 g/mol. The van der Waals surface area contributed by atoms with Crippen molar-refractivity contribution < 1.29 is 0 Å². The topological polar surface area (TPSA) is 37.8 Å². The van der Waals surface area contributed by atoms with Crippen LogP contribution in [0.5, 0.6) is 0 Å². The van der Waals surface area contributed by atoms with Gasteiger partial charge in [-0.25, -0.2) is 9.97 Å². The summed E-state index contributed by atoms with van der Waals surface area (Å²) in [7, 11) is 0. The quantitative estimate of drug-likeness (QED) is 0.939. The summed E-state index contributed by atoms with van der Waals surface area (Å²) in [5.41, 5.74) is 3.47. The summed E-state index contributed by atoms with van der Waals surface area (Å²) in [6.07, 6.45) is 5.16. The van der Waals surface area contributed by atoms with E-state index in [9.17, 15) is 0 Å². The van der Waals surface area contributed by atoms with Crippen molar-refractivity contribution in [2.75, 3.05) is 6.54 Å². The van der Waals surface area contributed by atoms with Crippen molar-refractivity contribution in [2.24, 2.45) is 0 Å². The Morgan fingerprint density at radius 3 is 2.75 bits per heavy atom. The highest BCUT2D eigenvalue weighted by atomic mass is 35.5. The molecule has 1 saturated heterocycles. The second-order valence-corrected chi connectivity index (χ2v) is 5.73. The Morgan fingerprint density at radius 2 is 2.10 bits per heavy atom. The van der Waals surface area contributed by atoms with E-state index < -0.39 is 0 Å². The third-order valence-electron chi connectivity index (χ3n) is 3.78. The molecule has 3 nitrogen and oxygen atoms in total. The zero-order valence-electron chi connectivity index (χ0n) is 11.6. The number of aryl methyl sites for hydroxylation is 1. The van der Waals surface area contributed by atoms with Crippen LogP contribution in [0.4, 0.5) is 0 Å². The van der Waals surface area contributed by atoms with Gasteiger partial charge in [0.05, 0.1) is 6.04 Å². The van der Waals surface area contributed by atoms with Crippen LogP contribution >= 0.6 is 11.6 Å². The lowest BCUT2D eigenvalue weighted by Gasteiger charge is -2.11. The van der Waals surface area contributed by atoms with E-state index in [1.807, 2.05) is 30.5 Å². The van der Waals surface area contributed by atoms with Crippen molar-refractivity contribution in [2.45, 2.75) is 32.2 Å². The van der Waals surface area contributed by atoms with Gasteiger partial charge in [-0.15, -0.1) is 0 Å². The largest absolute Gasteiger partial charge is 0.307 e. The minimum absolute atomic E-state index is 0.332. The fourth-order valence-electron chi connectivity index (χ4n) is 2.58.